The molecule has 0 saturated heterocycles. The average Bonchev–Trinajstić information content (AvgIpc) is 3.34. The predicted octanol–water partition coefficient (Wildman–Crippen LogP) is 4.06. The van der Waals surface area contributed by atoms with E-state index < -0.39 is 0 Å². The summed E-state index contributed by atoms with van der Waals surface area (Å²) in [6.07, 6.45) is 1.86. The van der Waals surface area contributed by atoms with E-state index in [1.54, 1.807) is 0 Å². The summed E-state index contributed by atoms with van der Waals surface area (Å²) in [4.78, 5) is 13.7. The summed E-state index contributed by atoms with van der Waals surface area (Å²) in [5.74, 6) is 1.46. The second-order valence-corrected chi connectivity index (χ2v) is 7.70. The number of nitrogens with one attached hydrogen (secondary N) is 1. The normalized spacial score (nSPS) is 10.7. The Labute approximate surface area is 193 Å². The molecule has 0 radical (unpaired) electrons. The number of hydrogen-bond acceptors (Lipinski definition) is 5. The van der Waals surface area contributed by atoms with Crippen molar-refractivity contribution in [1.82, 2.24) is 25.5 Å². The smallest absolute Gasteiger partial charge is 0.220 e. The molecule has 0 fully saturated rings. The molecular weight excluding hydrogens is 414 g/mol. The van der Waals surface area contributed by atoms with Gasteiger partial charge in [0.05, 0.1) is 6.54 Å². The number of carbonyl (C=O) groups excluding carboxylic acids is 1. The van der Waals surface area contributed by atoms with E-state index in [0.717, 1.165) is 28.9 Å². The Morgan fingerprint density at radius 1 is 0.879 bits per heavy atom. The highest BCUT2D eigenvalue weighted by Gasteiger charge is 2.06. The van der Waals surface area contributed by atoms with Crippen LogP contribution in [0.5, 0.6) is 5.75 Å². The number of aryl methyl sites for hydroxylation is 1. The highest BCUT2D eigenvalue weighted by atomic mass is 16.5. The van der Waals surface area contributed by atoms with Crippen LogP contribution >= 0.6 is 0 Å². The third kappa shape index (κ3) is 7.00. The molecule has 1 amide bonds. The Bertz CT molecular complexity index is 1130. The molecule has 0 bridgehead atoms. The zero-order valence-corrected chi connectivity index (χ0v) is 18.4. The SMILES string of the molecule is O=C(CCCn1nnc(-c2ccccc2)n1)NCCc1ccc(OCc2ccccc2)cc1. The molecule has 168 valence electrons. The van der Waals surface area contributed by atoms with Gasteiger partial charge in [-0.3, -0.25) is 4.79 Å². The lowest BCUT2D eigenvalue weighted by Gasteiger charge is -2.08. The largest absolute Gasteiger partial charge is 0.489 e. The van der Waals surface area contributed by atoms with Crippen LogP contribution in [-0.4, -0.2) is 32.7 Å². The molecule has 0 saturated carbocycles. The Balaban J connectivity index is 1.12. The molecule has 1 aromatic heterocycles. The zero-order valence-electron chi connectivity index (χ0n) is 18.4. The molecular formula is C26H27N5O2. The summed E-state index contributed by atoms with van der Waals surface area (Å²) >= 11 is 0. The summed E-state index contributed by atoms with van der Waals surface area (Å²) in [6, 6.07) is 27.8. The summed E-state index contributed by atoms with van der Waals surface area (Å²) in [6.45, 7) is 1.70. The number of rotatable bonds is 11. The lowest BCUT2D eigenvalue weighted by Crippen LogP contribution is -2.25. The van der Waals surface area contributed by atoms with Crippen LogP contribution in [0.4, 0.5) is 0 Å². The second-order valence-electron chi connectivity index (χ2n) is 7.70. The van der Waals surface area contributed by atoms with E-state index in [9.17, 15) is 4.79 Å². The zero-order chi connectivity index (χ0) is 22.7. The van der Waals surface area contributed by atoms with Crippen molar-refractivity contribution >= 4 is 5.91 Å². The third-order valence-corrected chi connectivity index (χ3v) is 5.15. The number of carbonyl (C=O) groups is 1. The number of benzene rings is 3. The number of hydrogen-bond donors (Lipinski definition) is 1. The molecule has 1 heterocycles. The van der Waals surface area contributed by atoms with Crippen LogP contribution in [-0.2, 0) is 24.4 Å². The van der Waals surface area contributed by atoms with Crippen LogP contribution in [0.15, 0.2) is 84.9 Å². The van der Waals surface area contributed by atoms with Crippen LogP contribution in [0, 0.1) is 0 Å². The fourth-order valence-electron chi connectivity index (χ4n) is 3.35. The first kappa shape index (κ1) is 22.2. The van der Waals surface area contributed by atoms with Crippen LogP contribution in [0.25, 0.3) is 11.4 Å². The Hall–Kier alpha value is -4.00. The summed E-state index contributed by atoms with van der Waals surface area (Å²) < 4.78 is 5.81. The molecule has 4 aromatic rings. The van der Waals surface area contributed by atoms with E-state index >= 15 is 0 Å². The van der Waals surface area contributed by atoms with Crippen molar-refractivity contribution < 1.29 is 9.53 Å². The molecule has 7 nitrogen and oxygen atoms in total. The van der Waals surface area contributed by atoms with Crippen molar-refractivity contribution in [2.75, 3.05) is 6.54 Å². The maximum atomic E-state index is 12.1. The second kappa shape index (κ2) is 11.6. The minimum Gasteiger partial charge on any atom is -0.489 e. The first-order valence-electron chi connectivity index (χ1n) is 11.1. The van der Waals surface area contributed by atoms with E-state index in [1.165, 1.54) is 4.80 Å². The molecule has 0 atom stereocenters. The van der Waals surface area contributed by atoms with Crippen molar-refractivity contribution in [3.8, 4) is 17.1 Å². The van der Waals surface area contributed by atoms with Gasteiger partial charge in [0.15, 0.2) is 0 Å². The van der Waals surface area contributed by atoms with Gasteiger partial charge in [0, 0.05) is 18.5 Å². The van der Waals surface area contributed by atoms with E-state index in [4.69, 9.17) is 4.74 Å². The summed E-state index contributed by atoms with van der Waals surface area (Å²) in [7, 11) is 0. The summed E-state index contributed by atoms with van der Waals surface area (Å²) in [5.41, 5.74) is 3.22. The van der Waals surface area contributed by atoms with Gasteiger partial charge in [-0.05, 0) is 41.3 Å². The van der Waals surface area contributed by atoms with E-state index in [-0.39, 0.29) is 5.91 Å². The molecule has 7 heteroatoms. The first-order chi connectivity index (χ1) is 16.3. The van der Waals surface area contributed by atoms with Crippen molar-refractivity contribution in [2.24, 2.45) is 0 Å². The van der Waals surface area contributed by atoms with Gasteiger partial charge in [0.2, 0.25) is 11.7 Å². The molecule has 3 aromatic carbocycles. The van der Waals surface area contributed by atoms with Gasteiger partial charge in [0.1, 0.15) is 12.4 Å². The Kier molecular flexibility index (Phi) is 7.79. The van der Waals surface area contributed by atoms with Gasteiger partial charge in [-0.1, -0.05) is 72.8 Å². The van der Waals surface area contributed by atoms with Gasteiger partial charge in [-0.25, -0.2) is 0 Å². The van der Waals surface area contributed by atoms with Crippen LogP contribution in [0.3, 0.4) is 0 Å². The molecule has 4 rings (SSSR count). The fraction of sp³-hybridized carbons (Fsp3) is 0.231. The van der Waals surface area contributed by atoms with Crippen LogP contribution in [0.1, 0.15) is 24.0 Å². The van der Waals surface area contributed by atoms with Crippen molar-refractivity contribution in [3.63, 3.8) is 0 Å². The topological polar surface area (TPSA) is 81.9 Å². The van der Waals surface area contributed by atoms with Gasteiger partial charge in [-0.2, -0.15) is 4.80 Å². The average molecular weight is 442 g/mol. The van der Waals surface area contributed by atoms with Crippen molar-refractivity contribution in [1.29, 1.82) is 0 Å². The first-order valence-corrected chi connectivity index (χ1v) is 11.1. The molecule has 33 heavy (non-hydrogen) atoms. The summed E-state index contributed by atoms with van der Waals surface area (Å²) in [5, 5.41) is 15.5. The third-order valence-electron chi connectivity index (χ3n) is 5.15. The quantitative estimate of drug-likeness (QED) is 0.380. The standard InChI is InChI=1S/C26H27N5O2/c32-25(12-7-19-31-29-26(28-30-31)23-10-5-2-6-11-23)27-18-17-21-13-15-24(16-14-21)33-20-22-8-3-1-4-9-22/h1-6,8-11,13-16H,7,12,17-20H2,(H,27,32). The minimum atomic E-state index is 0.0289. The lowest BCUT2D eigenvalue weighted by atomic mass is 10.1. The monoisotopic (exact) mass is 441 g/mol. The molecule has 1 N–H and O–H groups in total. The Morgan fingerprint density at radius 3 is 2.36 bits per heavy atom. The van der Waals surface area contributed by atoms with Gasteiger partial charge < -0.3 is 10.1 Å². The minimum absolute atomic E-state index is 0.0289. The molecule has 0 aliphatic carbocycles. The number of tetrazole rings is 1. The number of amides is 1. The lowest BCUT2D eigenvalue weighted by molar-refractivity contribution is -0.121. The highest BCUT2D eigenvalue weighted by Crippen LogP contribution is 2.15. The molecule has 0 aliphatic heterocycles. The molecule has 0 unspecified atom stereocenters. The fourth-order valence-corrected chi connectivity index (χ4v) is 3.35. The molecule has 0 spiro atoms. The predicted molar refractivity (Wildman–Crippen MR) is 126 cm³/mol. The maximum absolute atomic E-state index is 12.1. The van der Waals surface area contributed by atoms with Crippen LogP contribution in [0.2, 0.25) is 0 Å². The number of aromatic nitrogens is 4. The molecule has 0 aliphatic rings. The van der Waals surface area contributed by atoms with E-state index in [1.807, 2.05) is 84.9 Å². The van der Waals surface area contributed by atoms with Gasteiger partial charge in [-0.15, -0.1) is 10.2 Å². The Morgan fingerprint density at radius 2 is 1.61 bits per heavy atom. The number of nitrogens with zero attached hydrogens (tertiary/aromatic N) is 4. The number of ether oxygens (including phenoxy) is 1. The van der Waals surface area contributed by atoms with Crippen LogP contribution < -0.4 is 10.1 Å². The van der Waals surface area contributed by atoms with Gasteiger partial charge in [0.25, 0.3) is 0 Å². The highest BCUT2D eigenvalue weighted by molar-refractivity contribution is 5.75. The maximum Gasteiger partial charge on any atom is 0.220 e. The van der Waals surface area contributed by atoms with Gasteiger partial charge >= 0.3 is 0 Å². The van der Waals surface area contributed by atoms with Crippen molar-refractivity contribution in [3.05, 3.63) is 96.1 Å². The van der Waals surface area contributed by atoms with Crippen molar-refractivity contribution in [2.45, 2.75) is 32.4 Å². The van der Waals surface area contributed by atoms with E-state index in [2.05, 4.69) is 20.7 Å². The van der Waals surface area contributed by atoms with E-state index in [0.29, 0.717) is 38.4 Å².